The number of aromatic nitrogens is 4. The van der Waals surface area contributed by atoms with Gasteiger partial charge < -0.3 is 14.9 Å². The molecule has 0 radical (unpaired) electrons. The smallest absolute Gasteiger partial charge is 0.258 e. The van der Waals surface area contributed by atoms with Crippen LogP contribution in [-0.4, -0.2) is 19.6 Å². The van der Waals surface area contributed by atoms with Crippen LogP contribution in [0.25, 0.3) is 17.4 Å². The lowest BCUT2D eigenvalue weighted by atomic mass is 10.3. The molecule has 2 N–H and O–H groups in total. The highest BCUT2D eigenvalue weighted by Gasteiger charge is 2.13. The maximum absolute atomic E-state index is 5.99. The highest BCUT2D eigenvalue weighted by atomic mass is 16.5. The molecule has 0 atom stereocenters. The summed E-state index contributed by atoms with van der Waals surface area (Å²) in [5, 5.41) is 4.27. The van der Waals surface area contributed by atoms with Gasteiger partial charge in [0.2, 0.25) is 11.7 Å². The number of hydrogen-bond donors (Lipinski definition) is 1. The SMILES string of the molecule is Nc1cc(Oc2ccccc2)nc2nc(-c3ccco3)nn12. The van der Waals surface area contributed by atoms with E-state index in [2.05, 4.69) is 15.1 Å². The molecule has 7 nitrogen and oxygen atoms in total. The molecule has 4 rings (SSSR count). The molecule has 22 heavy (non-hydrogen) atoms. The molecular weight excluding hydrogens is 282 g/mol. The summed E-state index contributed by atoms with van der Waals surface area (Å²) in [5.41, 5.74) is 5.99. The summed E-state index contributed by atoms with van der Waals surface area (Å²) in [5.74, 6) is 2.72. The van der Waals surface area contributed by atoms with E-state index in [9.17, 15) is 0 Å². The largest absolute Gasteiger partial charge is 0.461 e. The van der Waals surface area contributed by atoms with Crippen molar-refractivity contribution in [3.8, 4) is 23.2 Å². The Kier molecular flexibility index (Phi) is 2.75. The molecule has 0 unspecified atom stereocenters. The summed E-state index contributed by atoms with van der Waals surface area (Å²) in [6, 6.07) is 14.5. The van der Waals surface area contributed by atoms with Crippen LogP contribution in [0.1, 0.15) is 0 Å². The molecule has 0 aliphatic carbocycles. The van der Waals surface area contributed by atoms with Crippen LogP contribution in [0.4, 0.5) is 5.82 Å². The van der Waals surface area contributed by atoms with Gasteiger partial charge in [0.05, 0.1) is 6.26 Å². The van der Waals surface area contributed by atoms with Gasteiger partial charge in [0, 0.05) is 6.07 Å². The first-order chi connectivity index (χ1) is 10.8. The van der Waals surface area contributed by atoms with Crippen LogP contribution in [0.3, 0.4) is 0 Å². The van der Waals surface area contributed by atoms with Crippen LogP contribution < -0.4 is 10.5 Å². The fraction of sp³-hybridized carbons (Fsp3) is 0. The predicted octanol–water partition coefficient (Wildman–Crippen LogP) is 2.76. The first kappa shape index (κ1) is 12.4. The number of ether oxygens (including phenoxy) is 1. The molecule has 0 amide bonds. The summed E-state index contributed by atoms with van der Waals surface area (Å²) in [7, 11) is 0. The standard InChI is InChI=1S/C15H11N5O2/c16-12-9-13(22-10-5-2-1-3-6-10)17-15-18-14(19-20(12)15)11-7-4-8-21-11/h1-9H,16H2. The minimum atomic E-state index is 0.345. The van der Waals surface area contributed by atoms with Gasteiger partial charge in [-0.15, -0.1) is 5.10 Å². The van der Waals surface area contributed by atoms with Crippen molar-refractivity contribution in [1.82, 2.24) is 19.6 Å². The van der Waals surface area contributed by atoms with E-state index in [1.807, 2.05) is 30.3 Å². The average molecular weight is 293 g/mol. The van der Waals surface area contributed by atoms with Gasteiger partial charge in [-0.05, 0) is 24.3 Å². The van der Waals surface area contributed by atoms with Gasteiger partial charge in [-0.2, -0.15) is 14.5 Å². The zero-order valence-electron chi connectivity index (χ0n) is 11.4. The number of rotatable bonds is 3. The molecule has 0 spiro atoms. The van der Waals surface area contributed by atoms with Gasteiger partial charge in [-0.3, -0.25) is 0 Å². The zero-order valence-corrected chi connectivity index (χ0v) is 11.4. The fourth-order valence-electron chi connectivity index (χ4n) is 2.04. The number of benzene rings is 1. The van der Waals surface area contributed by atoms with E-state index in [4.69, 9.17) is 14.9 Å². The van der Waals surface area contributed by atoms with Crippen LogP contribution in [0, 0.1) is 0 Å². The van der Waals surface area contributed by atoms with Gasteiger partial charge in [-0.25, -0.2) is 0 Å². The topological polar surface area (TPSA) is 91.5 Å². The van der Waals surface area contributed by atoms with E-state index >= 15 is 0 Å². The molecule has 108 valence electrons. The van der Waals surface area contributed by atoms with E-state index in [-0.39, 0.29) is 0 Å². The molecule has 0 saturated heterocycles. The number of anilines is 1. The van der Waals surface area contributed by atoms with Crippen LogP contribution >= 0.6 is 0 Å². The van der Waals surface area contributed by atoms with E-state index in [0.29, 0.717) is 34.8 Å². The Bertz CT molecular complexity index is 916. The van der Waals surface area contributed by atoms with Gasteiger partial charge in [0.25, 0.3) is 5.78 Å². The van der Waals surface area contributed by atoms with Crippen molar-refractivity contribution in [3.05, 3.63) is 54.8 Å². The zero-order chi connectivity index (χ0) is 14.9. The Balaban J connectivity index is 1.76. The van der Waals surface area contributed by atoms with Gasteiger partial charge in [0.15, 0.2) is 5.76 Å². The molecule has 1 aromatic carbocycles. The Hall–Kier alpha value is -3.35. The molecule has 0 saturated carbocycles. The Labute approximate surface area is 125 Å². The minimum Gasteiger partial charge on any atom is -0.461 e. The first-order valence-corrected chi connectivity index (χ1v) is 6.60. The van der Waals surface area contributed by atoms with Crippen molar-refractivity contribution in [2.24, 2.45) is 0 Å². The number of fused-ring (bicyclic) bond motifs is 1. The molecule has 0 bridgehead atoms. The minimum absolute atomic E-state index is 0.345. The number of nitrogens with two attached hydrogens (primary N) is 1. The average Bonchev–Trinajstić information content (AvgIpc) is 3.17. The predicted molar refractivity (Wildman–Crippen MR) is 79.4 cm³/mol. The van der Waals surface area contributed by atoms with E-state index in [1.54, 1.807) is 24.5 Å². The van der Waals surface area contributed by atoms with E-state index < -0.39 is 0 Å². The van der Waals surface area contributed by atoms with Crippen molar-refractivity contribution in [2.75, 3.05) is 5.73 Å². The Morgan fingerprint density at radius 2 is 1.91 bits per heavy atom. The quantitative estimate of drug-likeness (QED) is 0.624. The maximum atomic E-state index is 5.99. The normalized spacial score (nSPS) is 10.9. The summed E-state index contributed by atoms with van der Waals surface area (Å²) in [6.07, 6.45) is 1.56. The molecule has 0 aliphatic rings. The lowest BCUT2D eigenvalue weighted by Gasteiger charge is -2.05. The van der Waals surface area contributed by atoms with Gasteiger partial charge in [0.1, 0.15) is 11.6 Å². The number of nitrogens with zero attached hydrogens (tertiary/aromatic N) is 4. The number of para-hydroxylation sites is 1. The summed E-state index contributed by atoms with van der Waals surface area (Å²) < 4.78 is 12.4. The van der Waals surface area contributed by atoms with Crippen molar-refractivity contribution < 1.29 is 9.15 Å². The van der Waals surface area contributed by atoms with Crippen molar-refractivity contribution in [2.45, 2.75) is 0 Å². The number of hydrogen-bond acceptors (Lipinski definition) is 6. The van der Waals surface area contributed by atoms with Crippen molar-refractivity contribution in [3.63, 3.8) is 0 Å². The van der Waals surface area contributed by atoms with Crippen LogP contribution in [0.15, 0.2) is 59.2 Å². The highest BCUT2D eigenvalue weighted by Crippen LogP contribution is 2.23. The molecule has 3 heterocycles. The summed E-state index contributed by atoms with van der Waals surface area (Å²) in [4.78, 5) is 8.61. The molecule has 7 heteroatoms. The fourth-order valence-corrected chi connectivity index (χ4v) is 2.04. The third-order valence-corrected chi connectivity index (χ3v) is 3.02. The van der Waals surface area contributed by atoms with Crippen molar-refractivity contribution in [1.29, 1.82) is 0 Å². The molecular formula is C15H11N5O2. The summed E-state index contributed by atoms with van der Waals surface area (Å²) in [6.45, 7) is 0. The summed E-state index contributed by atoms with van der Waals surface area (Å²) >= 11 is 0. The maximum Gasteiger partial charge on any atom is 0.258 e. The second kappa shape index (κ2) is 4.88. The first-order valence-electron chi connectivity index (χ1n) is 6.60. The van der Waals surface area contributed by atoms with Gasteiger partial charge in [-0.1, -0.05) is 18.2 Å². The second-order valence-corrected chi connectivity index (χ2v) is 4.56. The van der Waals surface area contributed by atoms with Crippen molar-refractivity contribution >= 4 is 11.6 Å². The van der Waals surface area contributed by atoms with Crippen LogP contribution in [0.5, 0.6) is 11.6 Å². The molecule has 0 aliphatic heterocycles. The number of nitrogen functional groups attached to an aromatic ring is 1. The molecule has 3 aromatic heterocycles. The lowest BCUT2D eigenvalue weighted by Crippen LogP contribution is -2.01. The monoisotopic (exact) mass is 293 g/mol. The molecule has 4 aromatic rings. The van der Waals surface area contributed by atoms with Crippen LogP contribution in [-0.2, 0) is 0 Å². The van der Waals surface area contributed by atoms with Crippen LogP contribution in [0.2, 0.25) is 0 Å². The second-order valence-electron chi connectivity index (χ2n) is 4.56. The lowest BCUT2D eigenvalue weighted by molar-refractivity contribution is 0.463. The third-order valence-electron chi connectivity index (χ3n) is 3.02. The van der Waals surface area contributed by atoms with Gasteiger partial charge >= 0.3 is 0 Å². The highest BCUT2D eigenvalue weighted by molar-refractivity contribution is 5.53. The third kappa shape index (κ3) is 2.14. The van der Waals surface area contributed by atoms with E-state index in [0.717, 1.165) is 0 Å². The molecule has 0 fully saturated rings. The van der Waals surface area contributed by atoms with E-state index in [1.165, 1.54) is 4.52 Å². The Morgan fingerprint density at radius 1 is 1.05 bits per heavy atom. The number of furan rings is 1. The Morgan fingerprint density at radius 3 is 2.68 bits per heavy atom.